The van der Waals surface area contributed by atoms with Crippen LogP contribution in [0, 0.1) is 32.1 Å². The number of hydrogen-bond acceptors (Lipinski definition) is 6. The summed E-state index contributed by atoms with van der Waals surface area (Å²) in [5, 5.41) is 16.4. The largest absolute Gasteiger partial charge is 0.455 e. The summed E-state index contributed by atoms with van der Waals surface area (Å²) in [6.45, 7) is 6.08. The van der Waals surface area contributed by atoms with Crippen LogP contribution in [-0.4, -0.2) is 15.9 Å². The van der Waals surface area contributed by atoms with Gasteiger partial charge in [-0.15, -0.1) is 0 Å². The van der Waals surface area contributed by atoms with E-state index >= 15 is 0 Å². The molecule has 0 fully saturated rings. The maximum atomic E-state index is 13.0. The van der Waals surface area contributed by atoms with E-state index in [4.69, 9.17) is 10.2 Å². The molecule has 0 saturated heterocycles. The van der Waals surface area contributed by atoms with Gasteiger partial charge in [0.1, 0.15) is 28.7 Å². The second-order valence-electron chi connectivity index (χ2n) is 9.35. The van der Waals surface area contributed by atoms with Gasteiger partial charge >= 0.3 is 0 Å². The molecule has 2 bridgehead atoms. The molecule has 1 amide bonds. The summed E-state index contributed by atoms with van der Waals surface area (Å²) in [6, 6.07) is 19.5. The van der Waals surface area contributed by atoms with Crippen molar-refractivity contribution < 1.29 is 9.21 Å². The Morgan fingerprint density at radius 1 is 0.946 bits per heavy atom. The molecule has 6 aromatic rings. The van der Waals surface area contributed by atoms with Crippen molar-refractivity contribution in [1.82, 2.24) is 15.3 Å². The number of nitrogens with zero attached hydrogens (tertiary/aromatic N) is 3. The third kappa shape index (κ3) is 3.62. The number of nitrogens with two attached hydrogens (primary N) is 1. The smallest absolute Gasteiger partial charge is 0.251 e. The Labute approximate surface area is 212 Å². The lowest BCUT2D eigenvalue weighted by molar-refractivity contribution is 0.0951. The van der Waals surface area contributed by atoms with Crippen LogP contribution in [0.2, 0.25) is 0 Å². The second-order valence-corrected chi connectivity index (χ2v) is 9.35. The Hall–Kier alpha value is -4.96. The highest BCUT2D eigenvalue weighted by Crippen LogP contribution is 2.42. The van der Waals surface area contributed by atoms with Crippen molar-refractivity contribution >= 4 is 44.4 Å². The third-order valence-electron chi connectivity index (χ3n) is 6.93. The summed E-state index contributed by atoms with van der Waals surface area (Å²) in [7, 11) is 0. The number of anilines is 1. The first-order valence-electron chi connectivity index (χ1n) is 11.9. The van der Waals surface area contributed by atoms with E-state index in [1.54, 1.807) is 0 Å². The number of carbonyl (C=O) groups excluding carboxylic acids is 1. The third-order valence-corrected chi connectivity index (χ3v) is 6.93. The van der Waals surface area contributed by atoms with Gasteiger partial charge in [-0.05, 0) is 86.0 Å². The van der Waals surface area contributed by atoms with Gasteiger partial charge in [0.15, 0.2) is 0 Å². The van der Waals surface area contributed by atoms with Crippen LogP contribution >= 0.6 is 0 Å². The molecular formula is C30H23N5O2. The zero-order valence-electron chi connectivity index (χ0n) is 20.6. The summed E-state index contributed by atoms with van der Waals surface area (Å²) in [4.78, 5) is 21.7. The molecule has 0 spiro atoms. The van der Waals surface area contributed by atoms with Gasteiger partial charge in [-0.1, -0.05) is 6.07 Å². The average Bonchev–Trinajstić information content (AvgIpc) is 3.44. The molecule has 3 N–H and O–H groups in total. The number of aryl methyl sites for hydroxylation is 3. The van der Waals surface area contributed by atoms with E-state index in [0.29, 0.717) is 23.6 Å². The molecule has 2 aromatic carbocycles. The number of nitriles is 1. The maximum Gasteiger partial charge on any atom is 0.251 e. The zero-order chi connectivity index (χ0) is 25.8. The summed E-state index contributed by atoms with van der Waals surface area (Å²) in [6.07, 6.45) is 0. The molecule has 37 heavy (non-hydrogen) atoms. The molecule has 6 rings (SSSR count). The predicted molar refractivity (Wildman–Crippen MR) is 144 cm³/mol. The Morgan fingerprint density at radius 3 is 2.43 bits per heavy atom. The van der Waals surface area contributed by atoms with Crippen LogP contribution in [-0.2, 0) is 6.54 Å². The predicted octanol–water partition coefficient (Wildman–Crippen LogP) is 5.94. The van der Waals surface area contributed by atoms with E-state index in [0.717, 1.165) is 66.4 Å². The fourth-order valence-electron chi connectivity index (χ4n) is 5.08. The number of rotatable bonds is 4. The van der Waals surface area contributed by atoms with Crippen LogP contribution in [0.4, 0.5) is 5.82 Å². The Morgan fingerprint density at radius 2 is 1.68 bits per heavy atom. The van der Waals surface area contributed by atoms with Gasteiger partial charge in [0, 0.05) is 50.6 Å². The lowest BCUT2D eigenvalue weighted by Gasteiger charge is -2.11. The molecular weight excluding hydrogens is 462 g/mol. The number of fused-ring (bicyclic) bond motifs is 8. The number of amides is 1. The number of furan rings is 2. The molecule has 0 radical (unpaired) electrons. The summed E-state index contributed by atoms with van der Waals surface area (Å²) in [5.41, 5.74) is 13.5. The standard InChI is InChI=1S/C30H23N5O2/c1-15-10-27(32)35-17(3)25(15)14-33-30(36)19-6-9-22-24(12-19)29-23-11-18(5-8-21(23)28(22)37-29)20-7-4-16(2)34-26(20)13-31/h4-12H,14H2,1-3H3,(H2,32,35)(H,33,36). The number of aromatic nitrogens is 2. The summed E-state index contributed by atoms with van der Waals surface area (Å²) in [5.74, 6) is 0.296. The van der Waals surface area contributed by atoms with Gasteiger partial charge in [-0.3, -0.25) is 4.79 Å². The van der Waals surface area contributed by atoms with Gasteiger partial charge in [0.25, 0.3) is 5.91 Å². The van der Waals surface area contributed by atoms with Crippen LogP contribution in [0.15, 0.2) is 59.0 Å². The fourth-order valence-corrected chi connectivity index (χ4v) is 5.08. The number of benzene rings is 3. The number of carbonyl (C=O) groups is 1. The number of hydrogen-bond donors (Lipinski definition) is 2. The molecule has 4 heterocycles. The monoisotopic (exact) mass is 485 g/mol. The minimum atomic E-state index is -0.176. The number of pyridine rings is 2. The molecule has 7 nitrogen and oxygen atoms in total. The SMILES string of the molecule is Cc1ccc(-c2ccc3c(c2)c2oc3c3ccc(C(=O)NCc4c(C)cc(N)nc4C)cc32)c(C#N)n1. The molecule has 7 heteroatoms. The molecule has 0 atom stereocenters. The quantitative estimate of drug-likeness (QED) is 0.298. The molecule has 180 valence electrons. The van der Waals surface area contributed by atoms with Crippen LogP contribution < -0.4 is 11.1 Å². The maximum absolute atomic E-state index is 13.0. The van der Waals surface area contributed by atoms with E-state index in [-0.39, 0.29) is 5.91 Å². The first-order chi connectivity index (χ1) is 17.8. The Kier molecular flexibility index (Phi) is 5.06. The van der Waals surface area contributed by atoms with Gasteiger partial charge in [0.05, 0.1) is 0 Å². The molecule has 4 aromatic heterocycles. The van der Waals surface area contributed by atoms with Gasteiger partial charge in [0.2, 0.25) is 0 Å². The molecule has 0 aliphatic carbocycles. The van der Waals surface area contributed by atoms with Gasteiger partial charge < -0.3 is 15.5 Å². The lowest BCUT2D eigenvalue weighted by Crippen LogP contribution is -2.24. The van der Waals surface area contributed by atoms with E-state index in [2.05, 4.69) is 21.4 Å². The van der Waals surface area contributed by atoms with E-state index in [1.165, 1.54) is 0 Å². The summed E-state index contributed by atoms with van der Waals surface area (Å²) >= 11 is 0. The van der Waals surface area contributed by atoms with E-state index in [9.17, 15) is 10.1 Å². The fraction of sp³-hybridized carbons (Fsp3) is 0.133. The first-order valence-corrected chi connectivity index (χ1v) is 11.9. The summed E-state index contributed by atoms with van der Waals surface area (Å²) < 4.78 is 6.19. The molecule has 0 saturated carbocycles. The van der Waals surface area contributed by atoms with Crippen molar-refractivity contribution in [2.24, 2.45) is 0 Å². The van der Waals surface area contributed by atoms with Crippen LogP contribution in [0.5, 0.6) is 0 Å². The second kappa shape index (κ2) is 8.32. The normalized spacial score (nSPS) is 11.4. The van der Waals surface area contributed by atoms with Crippen LogP contribution in [0.25, 0.3) is 43.8 Å². The topological polar surface area (TPSA) is 118 Å². The first kappa shape index (κ1) is 22.5. The van der Waals surface area contributed by atoms with Crippen molar-refractivity contribution in [1.29, 1.82) is 5.26 Å². The van der Waals surface area contributed by atoms with Crippen LogP contribution in [0.1, 0.15) is 38.6 Å². The van der Waals surface area contributed by atoms with Gasteiger partial charge in [-0.25, -0.2) is 9.97 Å². The van der Waals surface area contributed by atoms with Crippen molar-refractivity contribution in [3.63, 3.8) is 0 Å². The van der Waals surface area contributed by atoms with Crippen molar-refractivity contribution in [2.75, 3.05) is 5.73 Å². The Bertz CT molecular complexity index is 1890. The van der Waals surface area contributed by atoms with E-state index < -0.39 is 0 Å². The minimum absolute atomic E-state index is 0.176. The van der Waals surface area contributed by atoms with Crippen molar-refractivity contribution in [3.8, 4) is 17.2 Å². The number of nitrogens with one attached hydrogen (secondary N) is 1. The number of nitrogen functional groups attached to an aromatic ring is 1. The van der Waals surface area contributed by atoms with Crippen molar-refractivity contribution in [3.05, 3.63) is 88.4 Å². The highest BCUT2D eigenvalue weighted by atomic mass is 16.3. The lowest BCUT2D eigenvalue weighted by atomic mass is 9.97. The molecule has 0 aliphatic rings. The van der Waals surface area contributed by atoms with Crippen molar-refractivity contribution in [2.45, 2.75) is 27.3 Å². The Balaban J connectivity index is 1.37. The molecule has 0 unspecified atom stereocenters. The van der Waals surface area contributed by atoms with Gasteiger partial charge in [-0.2, -0.15) is 5.26 Å². The average molecular weight is 486 g/mol. The van der Waals surface area contributed by atoms with Crippen LogP contribution in [0.3, 0.4) is 0 Å². The highest BCUT2D eigenvalue weighted by Gasteiger charge is 2.20. The van der Waals surface area contributed by atoms with E-state index in [1.807, 2.05) is 75.4 Å². The molecule has 0 aliphatic heterocycles. The minimum Gasteiger partial charge on any atom is -0.455 e. The zero-order valence-corrected chi connectivity index (χ0v) is 20.6. The highest BCUT2D eigenvalue weighted by molar-refractivity contribution is 6.26.